The number of benzene rings is 1. The summed E-state index contributed by atoms with van der Waals surface area (Å²) in [4.78, 5) is 0.219. The molecule has 3 saturated heterocycles. The quantitative estimate of drug-likeness (QED) is 0.807. The van der Waals surface area contributed by atoms with Gasteiger partial charge >= 0.3 is 0 Å². The number of methoxy groups -OCH3 is 2. The second-order valence-electron chi connectivity index (χ2n) is 7.79. The SMILES string of the molecule is COCc1ccc(OC)c(S(=O)(=O)N2CC3(CCNCC3)[C@H]3COC[C@H]32)c1. The van der Waals surface area contributed by atoms with Crippen molar-refractivity contribution in [1.29, 1.82) is 0 Å². The third kappa shape index (κ3) is 3.17. The summed E-state index contributed by atoms with van der Waals surface area (Å²) >= 11 is 0. The monoisotopic (exact) mass is 396 g/mol. The van der Waals surface area contributed by atoms with Gasteiger partial charge in [0.2, 0.25) is 10.0 Å². The van der Waals surface area contributed by atoms with Crippen molar-refractivity contribution in [3.63, 3.8) is 0 Å². The molecule has 27 heavy (non-hydrogen) atoms. The van der Waals surface area contributed by atoms with Crippen molar-refractivity contribution in [2.45, 2.75) is 30.4 Å². The largest absolute Gasteiger partial charge is 0.495 e. The number of rotatable bonds is 5. The molecule has 1 spiro atoms. The Bertz CT molecular complexity index is 791. The predicted octanol–water partition coefficient (Wildman–Crippen LogP) is 1.23. The molecule has 1 N–H and O–H groups in total. The van der Waals surface area contributed by atoms with Gasteiger partial charge in [0.15, 0.2) is 0 Å². The number of nitrogens with one attached hydrogen (secondary N) is 1. The van der Waals surface area contributed by atoms with Gasteiger partial charge in [0.1, 0.15) is 10.6 Å². The Morgan fingerprint density at radius 3 is 2.74 bits per heavy atom. The van der Waals surface area contributed by atoms with Gasteiger partial charge in [-0.1, -0.05) is 6.07 Å². The molecule has 0 saturated carbocycles. The molecule has 7 nitrogen and oxygen atoms in total. The Labute approximate surface area is 161 Å². The second-order valence-corrected chi connectivity index (χ2v) is 9.65. The number of nitrogens with zero attached hydrogens (tertiary/aromatic N) is 1. The first-order valence-electron chi connectivity index (χ1n) is 9.48. The summed E-state index contributed by atoms with van der Waals surface area (Å²) in [5.41, 5.74) is 0.823. The smallest absolute Gasteiger partial charge is 0.247 e. The molecule has 3 heterocycles. The Balaban J connectivity index is 1.73. The van der Waals surface area contributed by atoms with Crippen LogP contribution in [0.15, 0.2) is 23.1 Å². The standard InChI is InChI=1S/C19H28N2O5S/c1-24-10-14-3-4-17(25-2)18(9-14)27(22,23)21-13-19(5-7-20-8-6-19)15-11-26-12-16(15)21/h3-4,9,15-16,20H,5-8,10-13H2,1-2H3/t15-,16+/m0/s1. The summed E-state index contributed by atoms with van der Waals surface area (Å²) in [5.74, 6) is 0.638. The third-order valence-electron chi connectivity index (χ3n) is 6.40. The van der Waals surface area contributed by atoms with Gasteiger partial charge in [0, 0.05) is 19.6 Å². The van der Waals surface area contributed by atoms with E-state index in [1.54, 1.807) is 23.5 Å². The van der Waals surface area contributed by atoms with E-state index < -0.39 is 10.0 Å². The molecule has 2 atom stereocenters. The second kappa shape index (κ2) is 7.33. The van der Waals surface area contributed by atoms with E-state index in [1.807, 2.05) is 6.07 Å². The number of hydrogen-bond acceptors (Lipinski definition) is 6. The van der Waals surface area contributed by atoms with Gasteiger partial charge in [-0.2, -0.15) is 4.31 Å². The molecule has 0 radical (unpaired) electrons. The van der Waals surface area contributed by atoms with Gasteiger partial charge in [0.25, 0.3) is 0 Å². The summed E-state index contributed by atoms with van der Waals surface area (Å²) in [5, 5.41) is 3.40. The highest BCUT2D eigenvalue weighted by Crippen LogP contribution is 2.51. The molecule has 4 rings (SSSR count). The number of sulfonamides is 1. The van der Waals surface area contributed by atoms with E-state index in [2.05, 4.69) is 5.32 Å². The summed E-state index contributed by atoms with van der Waals surface area (Å²) in [7, 11) is -0.598. The lowest BCUT2D eigenvalue weighted by atomic mass is 9.70. The van der Waals surface area contributed by atoms with Gasteiger partial charge in [0.05, 0.1) is 33.0 Å². The van der Waals surface area contributed by atoms with Crippen molar-refractivity contribution in [3.8, 4) is 5.75 Å². The summed E-state index contributed by atoms with van der Waals surface area (Å²) in [6, 6.07) is 5.13. The predicted molar refractivity (Wildman–Crippen MR) is 100 cm³/mol. The minimum atomic E-state index is -3.70. The lowest BCUT2D eigenvalue weighted by molar-refractivity contribution is 0.0978. The number of fused-ring (bicyclic) bond motifs is 2. The molecule has 0 unspecified atom stereocenters. The fourth-order valence-corrected chi connectivity index (χ4v) is 6.93. The van der Waals surface area contributed by atoms with Crippen molar-refractivity contribution >= 4 is 10.0 Å². The first-order valence-corrected chi connectivity index (χ1v) is 10.9. The van der Waals surface area contributed by atoms with Crippen molar-refractivity contribution in [2.75, 3.05) is 47.1 Å². The lowest BCUT2D eigenvalue weighted by Crippen LogP contribution is -2.43. The van der Waals surface area contributed by atoms with E-state index in [-0.39, 0.29) is 22.3 Å². The first kappa shape index (κ1) is 19.1. The van der Waals surface area contributed by atoms with E-state index in [1.165, 1.54) is 7.11 Å². The van der Waals surface area contributed by atoms with Gasteiger partial charge in [-0.3, -0.25) is 0 Å². The molecule has 1 aromatic carbocycles. The summed E-state index contributed by atoms with van der Waals surface area (Å²) in [6.07, 6.45) is 1.98. The maximum absolute atomic E-state index is 13.7. The molecule has 3 aliphatic rings. The Morgan fingerprint density at radius 1 is 1.26 bits per heavy atom. The molecule has 150 valence electrons. The Hall–Kier alpha value is -1.19. The molecule has 8 heteroatoms. The van der Waals surface area contributed by atoms with Crippen LogP contribution in [0.4, 0.5) is 0 Å². The van der Waals surface area contributed by atoms with Crippen LogP contribution in [0.3, 0.4) is 0 Å². The lowest BCUT2D eigenvalue weighted by Gasteiger charge is -2.37. The van der Waals surface area contributed by atoms with E-state index in [9.17, 15) is 8.42 Å². The highest BCUT2D eigenvalue weighted by atomic mass is 32.2. The van der Waals surface area contributed by atoms with E-state index in [0.29, 0.717) is 32.1 Å². The molecule has 1 aromatic rings. The number of piperidine rings is 1. The molecule has 0 amide bonds. The highest BCUT2D eigenvalue weighted by Gasteiger charge is 2.58. The summed E-state index contributed by atoms with van der Waals surface area (Å²) < 4.78 is 45.3. The molecular formula is C19H28N2O5S. The van der Waals surface area contributed by atoms with Crippen LogP contribution in [0.1, 0.15) is 18.4 Å². The van der Waals surface area contributed by atoms with Gasteiger partial charge < -0.3 is 19.5 Å². The minimum Gasteiger partial charge on any atom is -0.495 e. The van der Waals surface area contributed by atoms with Gasteiger partial charge in [-0.15, -0.1) is 0 Å². The van der Waals surface area contributed by atoms with Crippen LogP contribution in [0, 0.1) is 11.3 Å². The third-order valence-corrected chi connectivity index (χ3v) is 8.29. The number of ether oxygens (including phenoxy) is 3. The van der Waals surface area contributed by atoms with Crippen molar-refractivity contribution in [3.05, 3.63) is 23.8 Å². The first-order chi connectivity index (χ1) is 13.0. The Kier molecular flexibility index (Phi) is 5.20. The topological polar surface area (TPSA) is 77.1 Å². The summed E-state index contributed by atoms with van der Waals surface area (Å²) in [6.45, 7) is 3.91. The van der Waals surface area contributed by atoms with Crippen LogP contribution >= 0.6 is 0 Å². The minimum absolute atomic E-state index is 0.0108. The maximum Gasteiger partial charge on any atom is 0.247 e. The Morgan fingerprint density at radius 2 is 2.04 bits per heavy atom. The van der Waals surface area contributed by atoms with Crippen LogP contribution in [0.2, 0.25) is 0 Å². The average Bonchev–Trinajstić information content (AvgIpc) is 3.26. The molecule has 0 aliphatic carbocycles. The van der Waals surface area contributed by atoms with Crippen LogP contribution in [0.25, 0.3) is 0 Å². The zero-order valence-electron chi connectivity index (χ0n) is 15.9. The van der Waals surface area contributed by atoms with Crippen molar-refractivity contribution in [2.24, 2.45) is 11.3 Å². The van der Waals surface area contributed by atoms with Crippen molar-refractivity contribution < 1.29 is 22.6 Å². The maximum atomic E-state index is 13.7. The molecule has 0 bridgehead atoms. The van der Waals surface area contributed by atoms with Crippen LogP contribution < -0.4 is 10.1 Å². The average molecular weight is 397 g/mol. The van der Waals surface area contributed by atoms with Gasteiger partial charge in [-0.25, -0.2) is 8.42 Å². The fourth-order valence-electron chi connectivity index (χ4n) is 4.98. The van der Waals surface area contributed by atoms with E-state index in [4.69, 9.17) is 14.2 Å². The number of hydrogen-bond donors (Lipinski definition) is 1. The molecular weight excluding hydrogens is 368 g/mol. The molecule has 0 aromatic heterocycles. The van der Waals surface area contributed by atoms with Gasteiger partial charge in [-0.05, 0) is 49.0 Å². The zero-order chi connectivity index (χ0) is 19.1. The van der Waals surface area contributed by atoms with Crippen LogP contribution in [0.5, 0.6) is 5.75 Å². The van der Waals surface area contributed by atoms with Crippen LogP contribution in [-0.4, -0.2) is 65.8 Å². The fraction of sp³-hybridized carbons (Fsp3) is 0.684. The highest BCUT2D eigenvalue weighted by molar-refractivity contribution is 7.89. The molecule has 3 fully saturated rings. The van der Waals surface area contributed by atoms with E-state index in [0.717, 1.165) is 31.5 Å². The van der Waals surface area contributed by atoms with Crippen LogP contribution in [-0.2, 0) is 26.1 Å². The normalized spacial score (nSPS) is 27.8. The van der Waals surface area contributed by atoms with E-state index >= 15 is 0 Å². The van der Waals surface area contributed by atoms with Crippen molar-refractivity contribution in [1.82, 2.24) is 9.62 Å². The zero-order valence-corrected chi connectivity index (χ0v) is 16.8. The molecule has 3 aliphatic heterocycles.